The average Bonchev–Trinajstić information content (AvgIpc) is 3.14. The second-order valence-corrected chi connectivity index (χ2v) is 7.50. The van der Waals surface area contributed by atoms with Gasteiger partial charge in [0, 0.05) is 49.5 Å². The molecule has 0 bridgehead atoms. The molecule has 3 aromatic rings. The van der Waals surface area contributed by atoms with Gasteiger partial charge in [-0.05, 0) is 49.9 Å². The molecular formula is C23H26N4O2. The summed E-state index contributed by atoms with van der Waals surface area (Å²) in [6, 6.07) is 13.5. The predicted octanol–water partition coefficient (Wildman–Crippen LogP) is 3.57. The minimum Gasteiger partial charge on any atom is -0.484 e. The molecule has 1 saturated heterocycles. The number of carbonyl (C=O) groups excluding carboxylic acids is 1. The lowest BCUT2D eigenvalue weighted by Gasteiger charge is -2.32. The summed E-state index contributed by atoms with van der Waals surface area (Å²) in [5.74, 6) is 2.28. The van der Waals surface area contributed by atoms with Gasteiger partial charge in [0.2, 0.25) is 0 Å². The van der Waals surface area contributed by atoms with Gasteiger partial charge >= 0.3 is 0 Å². The minimum absolute atomic E-state index is 0.0576. The molecular weight excluding hydrogens is 364 g/mol. The van der Waals surface area contributed by atoms with Crippen LogP contribution in [0.3, 0.4) is 0 Å². The number of benzene rings is 1. The quantitative estimate of drug-likeness (QED) is 0.646. The van der Waals surface area contributed by atoms with Crippen LogP contribution in [0.1, 0.15) is 18.5 Å². The lowest BCUT2D eigenvalue weighted by atomic mass is 9.96. The summed E-state index contributed by atoms with van der Waals surface area (Å²) < 4.78 is 7.88. The average molecular weight is 390 g/mol. The van der Waals surface area contributed by atoms with Crippen LogP contribution < -0.4 is 4.74 Å². The summed E-state index contributed by atoms with van der Waals surface area (Å²) in [4.78, 5) is 23.2. The first kappa shape index (κ1) is 19.2. The van der Waals surface area contributed by atoms with Crippen LogP contribution in [0.25, 0.3) is 11.4 Å². The molecule has 0 N–H and O–H groups in total. The molecule has 1 aliphatic heterocycles. The van der Waals surface area contributed by atoms with Crippen molar-refractivity contribution in [3.8, 4) is 17.1 Å². The van der Waals surface area contributed by atoms with E-state index in [2.05, 4.69) is 21.5 Å². The van der Waals surface area contributed by atoms with E-state index >= 15 is 0 Å². The van der Waals surface area contributed by atoms with Crippen molar-refractivity contribution in [1.29, 1.82) is 0 Å². The van der Waals surface area contributed by atoms with Crippen molar-refractivity contribution in [2.45, 2.75) is 26.3 Å². The van der Waals surface area contributed by atoms with Crippen LogP contribution in [0, 0.1) is 12.8 Å². The molecule has 0 aliphatic carbocycles. The van der Waals surface area contributed by atoms with Crippen LogP contribution >= 0.6 is 0 Å². The fourth-order valence-corrected chi connectivity index (χ4v) is 3.79. The molecule has 3 heterocycles. The Bertz CT molecular complexity index is 932. The summed E-state index contributed by atoms with van der Waals surface area (Å²) in [5, 5.41) is 0. The predicted molar refractivity (Wildman–Crippen MR) is 111 cm³/mol. The Morgan fingerprint density at radius 3 is 2.62 bits per heavy atom. The number of pyridine rings is 1. The monoisotopic (exact) mass is 390 g/mol. The summed E-state index contributed by atoms with van der Waals surface area (Å²) in [5.41, 5.74) is 2.19. The molecule has 0 radical (unpaired) electrons. The topological polar surface area (TPSA) is 60.2 Å². The number of rotatable bonds is 6. The molecule has 29 heavy (non-hydrogen) atoms. The first-order valence-corrected chi connectivity index (χ1v) is 10.1. The molecule has 150 valence electrons. The van der Waals surface area contributed by atoms with Crippen molar-refractivity contribution < 1.29 is 9.53 Å². The maximum atomic E-state index is 12.5. The van der Waals surface area contributed by atoms with Gasteiger partial charge in [-0.1, -0.05) is 18.2 Å². The molecule has 6 heteroatoms. The van der Waals surface area contributed by atoms with Crippen molar-refractivity contribution in [2.24, 2.45) is 5.92 Å². The summed E-state index contributed by atoms with van der Waals surface area (Å²) in [6.07, 6.45) is 7.52. The Labute approximate surface area is 171 Å². The second-order valence-electron chi connectivity index (χ2n) is 7.50. The zero-order valence-corrected chi connectivity index (χ0v) is 16.7. The van der Waals surface area contributed by atoms with Crippen LogP contribution in [0.2, 0.25) is 0 Å². The highest BCUT2D eigenvalue weighted by atomic mass is 16.5. The van der Waals surface area contributed by atoms with E-state index < -0.39 is 0 Å². The van der Waals surface area contributed by atoms with E-state index in [1.807, 2.05) is 59.8 Å². The zero-order valence-electron chi connectivity index (χ0n) is 16.7. The highest BCUT2D eigenvalue weighted by molar-refractivity contribution is 5.77. The number of carbonyl (C=O) groups is 1. The maximum absolute atomic E-state index is 12.5. The van der Waals surface area contributed by atoms with Crippen molar-refractivity contribution in [2.75, 3.05) is 19.7 Å². The zero-order chi connectivity index (χ0) is 20.1. The van der Waals surface area contributed by atoms with Gasteiger partial charge in [-0.15, -0.1) is 0 Å². The van der Waals surface area contributed by atoms with Crippen molar-refractivity contribution >= 4 is 5.91 Å². The van der Waals surface area contributed by atoms with Crippen LogP contribution in [-0.4, -0.2) is 45.0 Å². The number of ether oxygens (including phenoxy) is 1. The van der Waals surface area contributed by atoms with Crippen molar-refractivity contribution in [3.63, 3.8) is 0 Å². The van der Waals surface area contributed by atoms with Crippen LogP contribution in [0.4, 0.5) is 0 Å². The molecule has 0 saturated carbocycles. The fraction of sp³-hybridized carbons (Fsp3) is 0.348. The van der Waals surface area contributed by atoms with E-state index in [0.717, 1.165) is 55.3 Å². The van der Waals surface area contributed by atoms with Gasteiger partial charge < -0.3 is 14.2 Å². The highest BCUT2D eigenvalue weighted by Crippen LogP contribution is 2.24. The van der Waals surface area contributed by atoms with Gasteiger partial charge in [0.05, 0.1) is 0 Å². The normalized spacial score (nSPS) is 14.7. The molecule has 6 nitrogen and oxygen atoms in total. The van der Waals surface area contributed by atoms with E-state index in [4.69, 9.17) is 4.74 Å². The maximum Gasteiger partial charge on any atom is 0.260 e. The standard InChI is InChI=1S/C23H26N4O2/c1-18-14-25-23(20-6-5-11-24-15-20)27(18)16-19-9-12-26(13-10-19)22(28)17-29-21-7-3-2-4-8-21/h2-8,11,14-15,19H,9-10,12-13,16-17H2,1H3. The molecule has 1 amide bonds. The lowest BCUT2D eigenvalue weighted by molar-refractivity contribution is -0.134. The number of amides is 1. The Hall–Kier alpha value is -3.15. The first-order chi connectivity index (χ1) is 14.2. The third-order valence-corrected chi connectivity index (χ3v) is 5.49. The van der Waals surface area contributed by atoms with E-state index in [0.29, 0.717) is 5.92 Å². The SMILES string of the molecule is Cc1cnc(-c2cccnc2)n1CC1CCN(C(=O)COc2ccccc2)CC1. The number of imidazole rings is 1. The first-order valence-electron chi connectivity index (χ1n) is 10.1. The Kier molecular flexibility index (Phi) is 5.89. The summed E-state index contributed by atoms with van der Waals surface area (Å²) in [6.45, 7) is 4.65. The Balaban J connectivity index is 1.32. The molecule has 0 spiro atoms. The van der Waals surface area contributed by atoms with Crippen molar-refractivity contribution in [1.82, 2.24) is 19.4 Å². The van der Waals surface area contributed by atoms with Gasteiger partial charge in [-0.25, -0.2) is 4.98 Å². The minimum atomic E-state index is 0.0576. The summed E-state index contributed by atoms with van der Waals surface area (Å²) in [7, 11) is 0. The number of aryl methyl sites for hydroxylation is 1. The summed E-state index contributed by atoms with van der Waals surface area (Å²) >= 11 is 0. The van der Waals surface area contributed by atoms with Crippen LogP contribution in [-0.2, 0) is 11.3 Å². The molecule has 0 unspecified atom stereocenters. The molecule has 4 rings (SSSR count). The number of hydrogen-bond donors (Lipinski definition) is 0. The Morgan fingerprint density at radius 2 is 1.90 bits per heavy atom. The van der Waals surface area contributed by atoms with Gasteiger partial charge in [0.25, 0.3) is 5.91 Å². The third kappa shape index (κ3) is 4.65. The number of aromatic nitrogens is 3. The van der Waals surface area contributed by atoms with Gasteiger partial charge in [0.1, 0.15) is 11.6 Å². The van der Waals surface area contributed by atoms with E-state index in [9.17, 15) is 4.79 Å². The number of likely N-dealkylation sites (tertiary alicyclic amines) is 1. The number of hydrogen-bond acceptors (Lipinski definition) is 4. The molecule has 1 aromatic carbocycles. The van der Waals surface area contributed by atoms with E-state index in [-0.39, 0.29) is 12.5 Å². The number of piperidine rings is 1. The van der Waals surface area contributed by atoms with Crippen LogP contribution in [0.15, 0.2) is 61.1 Å². The van der Waals surface area contributed by atoms with Gasteiger partial charge in [-0.3, -0.25) is 9.78 Å². The molecule has 1 fully saturated rings. The second kappa shape index (κ2) is 8.90. The highest BCUT2D eigenvalue weighted by Gasteiger charge is 2.24. The van der Waals surface area contributed by atoms with Gasteiger partial charge in [0.15, 0.2) is 6.61 Å². The number of nitrogens with zero attached hydrogens (tertiary/aromatic N) is 4. The molecule has 2 aromatic heterocycles. The molecule has 0 atom stereocenters. The number of para-hydroxylation sites is 1. The fourth-order valence-electron chi connectivity index (χ4n) is 3.79. The third-order valence-electron chi connectivity index (χ3n) is 5.49. The Morgan fingerprint density at radius 1 is 1.10 bits per heavy atom. The van der Waals surface area contributed by atoms with Crippen molar-refractivity contribution in [3.05, 3.63) is 66.7 Å². The largest absolute Gasteiger partial charge is 0.484 e. The van der Waals surface area contributed by atoms with Crippen LogP contribution in [0.5, 0.6) is 5.75 Å². The molecule has 1 aliphatic rings. The van der Waals surface area contributed by atoms with E-state index in [1.165, 1.54) is 0 Å². The smallest absolute Gasteiger partial charge is 0.260 e. The lowest BCUT2D eigenvalue weighted by Crippen LogP contribution is -2.41. The van der Waals surface area contributed by atoms with Gasteiger partial charge in [-0.2, -0.15) is 0 Å². The van der Waals surface area contributed by atoms with E-state index in [1.54, 1.807) is 6.20 Å².